The first kappa shape index (κ1) is 11.7. The summed E-state index contributed by atoms with van der Waals surface area (Å²) in [5.41, 5.74) is 1.30. The van der Waals surface area contributed by atoms with Crippen molar-refractivity contribution in [3.05, 3.63) is 24.5 Å². The number of aromatic nitrogens is 1. The number of anilines is 1. The molecule has 2 rings (SSSR count). The van der Waals surface area contributed by atoms with E-state index in [0.717, 1.165) is 31.9 Å². The fraction of sp³-hybridized carbons (Fsp3) is 0.583. The highest BCUT2D eigenvalue weighted by molar-refractivity contribution is 7.80. The van der Waals surface area contributed by atoms with Crippen LogP contribution in [0.3, 0.4) is 0 Å². The topological polar surface area (TPSA) is 19.4 Å². The predicted molar refractivity (Wildman–Crippen MR) is 71.4 cm³/mol. The van der Waals surface area contributed by atoms with Gasteiger partial charge in [0, 0.05) is 44.3 Å². The number of hydrogen-bond donors (Lipinski definition) is 1. The van der Waals surface area contributed by atoms with E-state index in [-0.39, 0.29) is 0 Å². The third-order valence-electron chi connectivity index (χ3n) is 3.03. The van der Waals surface area contributed by atoms with Crippen LogP contribution >= 0.6 is 12.6 Å². The third kappa shape index (κ3) is 3.12. The van der Waals surface area contributed by atoms with Crippen LogP contribution in [-0.2, 0) is 0 Å². The molecule has 0 radical (unpaired) electrons. The van der Waals surface area contributed by atoms with Crippen molar-refractivity contribution in [2.45, 2.75) is 6.42 Å². The van der Waals surface area contributed by atoms with Crippen molar-refractivity contribution in [1.29, 1.82) is 0 Å². The zero-order valence-electron chi connectivity index (χ0n) is 9.55. The van der Waals surface area contributed by atoms with E-state index in [4.69, 9.17) is 0 Å². The first-order valence-electron chi connectivity index (χ1n) is 5.88. The van der Waals surface area contributed by atoms with Gasteiger partial charge in [0.2, 0.25) is 0 Å². The maximum Gasteiger partial charge on any atom is 0.0397 e. The van der Waals surface area contributed by atoms with Crippen LogP contribution in [-0.4, -0.2) is 48.4 Å². The van der Waals surface area contributed by atoms with Gasteiger partial charge in [0.1, 0.15) is 0 Å². The largest absolute Gasteiger partial charge is 0.369 e. The van der Waals surface area contributed by atoms with Gasteiger partial charge in [-0.25, -0.2) is 0 Å². The van der Waals surface area contributed by atoms with Gasteiger partial charge in [-0.05, 0) is 30.9 Å². The zero-order chi connectivity index (χ0) is 11.2. The van der Waals surface area contributed by atoms with E-state index in [1.54, 1.807) is 0 Å². The van der Waals surface area contributed by atoms with Crippen LogP contribution in [0.25, 0.3) is 0 Å². The van der Waals surface area contributed by atoms with Crippen LogP contribution < -0.4 is 4.90 Å². The molecular formula is C12H19N3S. The quantitative estimate of drug-likeness (QED) is 0.802. The summed E-state index contributed by atoms with van der Waals surface area (Å²) in [6.07, 6.45) is 4.92. The summed E-state index contributed by atoms with van der Waals surface area (Å²) < 4.78 is 0. The van der Waals surface area contributed by atoms with Gasteiger partial charge in [0.05, 0.1) is 0 Å². The molecular weight excluding hydrogens is 218 g/mol. The van der Waals surface area contributed by atoms with E-state index in [2.05, 4.69) is 39.5 Å². The molecule has 1 aromatic rings. The average molecular weight is 237 g/mol. The van der Waals surface area contributed by atoms with Crippen molar-refractivity contribution in [2.24, 2.45) is 0 Å². The van der Waals surface area contributed by atoms with Crippen molar-refractivity contribution in [1.82, 2.24) is 9.88 Å². The van der Waals surface area contributed by atoms with Crippen molar-refractivity contribution in [3.63, 3.8) is 0 Å². The van der Waals surface area contributed by atoms with Gasteiger partial charge in [0.25, 0.3) is 0 Å². The second-order valence-electron chi connectivity index (χ2n) is 4.11. The Hall–Kier alpha value is -0.740. The van der Waals surface area contributed by atoms with Crippen LogP contribution in [0, 0.1) is 0 Å². The Morgan fingerprint density at radius 3 is 2.44 bits per heavy atom. The molecule has 1 aromatic heterocycles. The van der Waals surface area contributed by atoms with Crippen molar-refractivity contribution >= 4 is 18.3 Å². The standard InChI is InChI=1S/C12H19N3S/c16-11-1-6-14-7-9-15(10-8-14)12-2-4-13-5-3-12/h2-5,16H,1,6-11H2. The fourth-order valence-electron chi connectivity index (χ4n) is 2.08. The van der Waals surface area contributed by atoms with Gasteiger partial charge < -0.3 is 4.90 Å². The Morgan fingerprint density at radius 2 is 1.81 bits per heavy atom. The van der Waals surface area contributed by atoms with Gasteiger partial charge >= 0.3 is 0 Å². The number of nitrogens with zero attached hydrogens (tertiary/aromatic N) is 3. The monoisotopic (exact) mass is 237 g/mol. The van der Waals surface area contributed by atoms with Crippen LogP contribution in [0.4, 0.5) is 5.69 Å². The third-order valence-corrected chi connectivity index (χ3v) is 3.35. The van der Waals surface area contributed by atoms with Crippen LogP contribution in [0.2, 0.25) is 0 Å². The lowest BCUT2D eigenvalue weighted by Gasteiger charge is -2.36. The van der Waals surface area contributed by atoms with Crippen LogP contribution in [0.1, 0.15) is 6.42 Å². The molecule has 0 unspecified atom stereocenters. The Labute approximate surface area is 103 Å². The van der Waals surface area contributed by atoms with Crippen molar-refractivity contribution in [2.75, 3.05) is 43.4 Å². The van der Waals surface area contributed by atoms with Crippen molar-refractivity contribution < 1.29 is 0 Å². The number of hydrogen-bond acceptors (Lipinski definition) is 4. The Balaban J connectivity index is 1.81. The molecule has 0 amide bonds. The second kappa shape index (κ2) is 6.11. The highest BCUT2D eigenvalue weighted by Gasteiger charge is 2.16. The molecule has 0 aromatic carbocycles. The first-order valence-corrected chi connectivity index (χ1v) is 6.51. The summed E-state index contributed by atoms with van der Waals surface area (Å²) in [4.78, 5) is 9.00. The Bertz CT molecular complexity index is 296. The minimum Gasteiger partial charge on any atom is -0.369 e. The lowest BCUT2D eigenvalue weighted by molar-refractivity contribution is 0.259. The first-order chi connectivity index (χ1) is 7.90. The normalized spacial score (nSPS) is 17.7. The highest BCUT2D eigenvalue weighted by atomic mass is 32.1. The van der Waals surface area contributed by atoms with E-state index in [0.29, 0.717) is 0 Å². The van der Waals surface area contributed by atoms with Gasteiger partial charge in [-0.2, -0.15) is 12.6 Å². The van der Waals surface area contributed by atoms with Gasteiger partial charge in [0.15, 0.2) is 0 Å². The molecule has 0 spiro atoms. The second-order valence-corrected chi connectivity index (χ2v) is 4.56. The zero-order valence-corrected chi connectivity index (χ0v) is 10.4. The lowest BCUT2D eigenvalue weighted by Crippen LogP contribution is -2.46. The molecule has 1 aliphatic heterocycles. The maximum absolute atomic E-state index is 4.25. The van der Waals surface area contributed by atoms with E-state index in [9.17, 15) is 0 Å². The average Bonchev–Trinajstić information content (AvgIpc) is 2.38. The van der Waals surface area contributed by atoms with Crippen molar-refractivity contribution in [3.8, 4) is 0 Å². The van der Waals surface area contributed by atoms with E-state index in [1.165, 1.54) is 18.7 Å². The minimum atomic E-state index is 0.991. The Morgan fingerprint density at radius 1 is 1.12 bits per heavy atom. The number of rotatable bonds is 4. The molecule has 1 saturated heterocycles. The maximum atomic E-state index is 4.25. The van der Waals surface area contributed by atoms with Gasteiger partial charge in [-0.15, -0.1) is 0 Å². The summed E-state index contributed by atoms with van der Waals surface area (Å²) in [6.45, 7) is 5.76. The van der Waals surface area contributed by atoms with E-state index < -0.39 is 0 Å². The fourth-order valence-corrected chi connectivity index (χ4v) is 2.22. The molecule has 0 atom stereocenters. The summed E-state index contributed by atoms with van der Waals surface area (Å²) in [6, 6.07) is 4.17. The molecule has 0 aliphatic carbocycles. The molecule has 0 saturated carbocycles. The SMILES string of the molecule is SCCCN1CCN(c2ccncc2)CC1. The Kier molecular flexibility index (Phi) is 4.48. The molecule has 2 heterocycles. The molecule has 1 fully saturated rings. The van der Waals surface area contributed by atoms with Crippen LogP contribution in [0.15, 0.2) is 24.5 Å². The minimum absolute atomic E-state index is 0.991. The molecule has 4 heteroatoms. The van der Waals surface area contributed by atoms with Gasteiger partial charge in [-0.1, -0.05) is 0 Å². The summed E-state index contributed by atoms with van der Waals surface area (Å²) in [5.74, 6) is 0.991. The van der Waals surface area contributed by atoms with E-state index in [1.807, 2.05) is 12.4 Å². The number of pyridine rings is 1. The molecule has 88 valence electrons. The van der Waals surface area contributed by atoms with E-state index >= 15 is 0 Å². The molecule has 16 heavy (non-hydrogen) atoms. The summed E-state index contributed by atoms with van der Waals surface area (Å²) in [7, 11) is 0. The van der Waals surface area contributed by atoms with Crippen LogP contribution in [0.5, 0.6) is 0 Å². The lowest BCUT2D eigenvalue weighted by atomic mass is 10.2. The summed E-state index contributed by atoms with van der Waals surface area (Å²) in [5, 5.41) is 0. The molecule has 0 N–H and O–H groups in total. The number of thiol groups is 1. The number of piperazine rings is 1. The predicted octanol–water partition coefficient (Wildman–Crippen LogP) is 1.52. The smallest absolute Gasteiger partial charge is 0.0397 e. The molecule has 1 aliphatic rings. The summed E-state index contributed by atoms with van der Waals surface area (Å²) >= 11 is 4.25. The molecule has 0 bridgehead atoms. The molecule has 3 nitrogen and oxygen atoms in total. The highest BCUT2D eigenvalue weighted by Crippen LogP contribution is 2.14. The van der Waals surface area contributed by atoms with Gasteiger partial charge in [-0.3, -0.25) is 9.88 Å².